The number of halogens is 2. The molecule has 8 heteroatoms. The third-order valence-electron chi connectivity index (χ3n) is 2.03. The lowest BCUT2D eigenvalue weighted by molar-refractivity contribution is -0.0511. The van der Waals surface area contributed by atoms with Crippen LogP contribution in [0.3, 0.4) is 0 Å². The first kappa shape index (κ1) is 14.5. The van der Waals surface area contributed by atoms with Crippen LogP contribution < -0.4 is 14.2 Å². The molecule has 0 bridgehead atoms. The molecule has 0 spiro atoms. The van der Waals surface area contributed by atoms with Gasteiger partial charge in [0.1, 0.15) is 0 Å². The second kappa shape index (κ2) is 5.85. The first-order valence-electron chi connectivity index (χ1n) is 5.01. The second-order valence-corrected chi connectivity index (χ2v) is 5.26. The van der Waals surface area contributed by atoms with Crippen molar-refractivity contribution >= 4 is 15.7 Å². The van der Waals surface area contributed by atoms with Crippen molar-refractivity contribution in [3.05, 3.63) is 18.2 Å². The van der Waals surface area contributed by atoms with Crippen molar-refractivity contribution in [2.45, 2.75) is 13.5 Å². The van der Waals surface area contributed by atoms with Gasteiger partial charge in [0.05, 0.1) is 18.6 Å². The minimum Gasteiger partial charge on any atom is -0.493 e. The van der Waals surface area contributed by atoms with Crippen LogP contribution in [0.15, 0.2) is 18.2 Å². The Hall–Kier alpha value is -1.57. The van der Waals surface area contributed by atoms with Gasteiger partial charge in [-0.25, -0.2) is 8.42 Å². The number of rotatable bonds is 6. The van der Waals surface area contributed by atoms with Crippen LogP contribution in [-0.2, 0) is 10.0 Å². The number of benzene rings is 1. The summed E-state index contributed by atoms with van der Waals surface area (Å²) >= 11 is 0. The maximum Gasteiger partial charge on any atom is 0.387 e. The highest BCUT2D eigenvalue weighted by molar-refractivity contribution is 7.92. The summed E-state index contributed by atoms with van der Waals surface area (Å²) in [6, 6.07) is 3.87. The number of methoxy groups -OCH3 is 1. The van der Waals surface area contributed by atoms with Crippen molar-refractivity contribution in [1.29, 1.82) is 0 Å². The lowest BCUT2D eigenvalue weighted by Gasteiger charge is -2.12. The fourth-order valence-electron chi connectivity index (χ4n) is 1.18. The molecule has 0 fully saturated rings. The van der Waals surface area contributed by atoms with Gasteiger partial charge in [-0.05, 0) is 19.1 Å². The van der Waals surface area contributed by atoms with Gasteiger partial charge in [0.2, 0.25) is 10.0 Å². The molecule has 1 aromatic carbocycles. The van der Waals surface area contributed by atoms with E-state index >= 15 is 0 Å². The summed E-state index contributed by atoms with van der Waals surface area (Å²) in [5.74, 6) is -0.261. The lowest BCUT2D eigenvalue weighted by atomic mass is 10.3. The average molecular weight is 281 g/mol. The van der Waals surface area contributed by atoms with Crippen molar-refractivity contribution in [2.24, 2.45) is 0 Å². The van der Waals surface area contributed by atoms with Crippen LogP contribution in [0.4, 0.5) is 14.5 Å². The maximum absolute atomic E-state index is 12.2. The van der Waals surface area contributed by atoms with Crippen LogP contribution in [0.5, 0.6) is 11.5 Å². The van der Waals surface area contributed by atoms with Gasteiger partial charge in [0.15, 0.2) is 11.5 Å². The first-order chi connectivity index (χ1) is 8.38. The first-order valence-corrected chi connectivity index (χ1v) is 6.66. The van der Waals surface area contributed by atoms with Gasteiger partial charge in [0, 0.05) is 6.07 Å². The summed E-state index contributed by atoms with van der Waals surface area (Å²) < 4.78 is 58.2. The normalized spacial score (nSPS) is 11.4. The van der Waals surface area contributed by atoms with Gasteiger partial charge in [-0.2, -0.15) is 8.78 Å². The van der Waals surface area contributed by atoms with Crippen molar-refractivity contribution in [3.63, 3.8) is 0 Å². The predicted molar refractivity (Wildman–Crippen MR) is 62.7 cm³/mol. The summed E-state index contributed by atoms with van der Waals surface area (Å²) in [4.78, 5) is 0. The van der Waals surface area contributed by atoms with Crippen LogP contribution >= 0.6 is 0 Å². The van der Waals surface area contributed by atoms with Gasteiger partial charge >= 0.3 is 6.61 Å². The Morgan fingerprint density at radius 1 is 1.33 bits per heavy atom. The molecule has 0 amide bonds. The number of hydrogen-bond donors (Lipinski definition) is 1. The molecular weight excluding hydrogens is 268 g/mol. The smallest absolute Gasteiger partial charge is 0.387 e. The topological polar surface area (TPSA) is 64.6 Å². The highest BCUT2D eigenvalue weighted by Gasteiger charge is 2.13. The largest absolute Gasteiger partial charge is 0.493 e. The van der Waals surface area contributed by atoms with E-state index in [2.05, 4.69) is 9.46 Å². The third kappa shape index (κ3) is 4.02. The minimum absolute atomic E-state index is 0.0924. The van der Waals surface area contributed by atoms with Crippen molar-refractivity contribution in [1.82, 2.24) is 0 Å². The standard InChI is InChI=1S/C10H13F2NO4S/c1-3-18(14,15)13-7-4-5-8(16-2)9(6-7)17-10(11)12/h4-6,10,13H,3H2,1-2H3. The molecule has 0 aliphatic rings. The summed E-state index contributed by atoms with van der Waals surface area (Å²) in [7, 11) is -2.18. The van der Waals surface area contributed by atoms with Gasteiger partial charge < -0.3 is 9.47 Å². The number of hydrogen-bond acceptors (Lipinski definition) is 4. The van der Waals surface area contributed by atoms with E-state index in [0.717, 1.165) is 6.07 Å². The number of alkyl halides is 2. The molecule has 5 nitrogen and oxygen atoms in total. The van der Waals surface area contributed by atoms with E-state index in [1.807, 2.05) is 0 Å². The van der Waals surface area contributed by atoms with E-state index in [1.54, 1.807) is 0 Å². The Balaban J connectivity index is 3.03. The molecule has 1 rings (SSSR count). The maximum atomic E-state index is 12.2. The highest BCUT2D eigenvalue weighted by atomic mass is 32.2. The molecule has 18 heavy (non-hydrogen) atoms. The summed E-state index contributed by atoms with van der Waals surface area (Å²) in [5, 5.41) is 0. The SMILES string of the molecule is CCS(=O)(=O)Nc1ccc(OC)c(OC(F)F)c1. The average Bonchev–Trinajstić information content (AvgIpc) is 2.28. The molecule has 0 saturated carbocycles. The zero-order valence-electron chi connectivity index (χ0n) is 9.81. The Kier molecular flexibility index (Phi) is 4.71. The van der Waals surface area contributed by atoms with Crippen molar-refractivity contribution < 1.29 is 26.7 Å². The number of nitrogens with one attached hydrogen (secondary N) is 1. The zero-order chi connectivity index (χ0) is 13.8. The van der Waals surface area contributed by atoms with E-state index in [0.29, 0.717) is 0 Å². The summed E-state index contributed by atoms with van der Waals surface area (Å²) in [5.41, 5.74) is 0.133. The van der Waals surface area contributed by atoms with Crippen LogP contribution in [-0.4, -0.2) is 27.9 Å². The van der Waals surface area contributed by atoms with Gasteiger partial charge in [-0.3, -0.25) is 4.72 Å². The van der Waals surface area contributed by atoms with Crippen LogP contribution in [0.1, 0.15) is 6.92 Å². The van der Waals surface area contributed by atoms with Crippen LogP contribution in [0.2, 0.25) is 0 Å². The van der Waals surface area contributed by atoms with Crippen LogP contribution in [0.25, 0.3) is 0 Å². The van der Waals surface area contributed by atoms with Crippen molar-refractivity contribution in [2.75, 3.05) is 17.6 Å². The minimum atomic E-state index is -3.47. The summed E-state index contributed by atoms with van der Waals surface area (Å²) in [6.07, 6.45) is 0. The van der Waals surface area contributed by atoms with E-state index < -0.39 is 16.6 Å². The molecular formula is C10H13F2NO4S. The molecule has 1 N–H and O–H groups in total. The zero-order valence-corrected chi connectivity index (χ0v) is 10.6. The Bertz CT molecular complexity index is 505. The van der Waals surface area contributed by atoms with E-state index in [-0.39, 0.29) is 22.9 Å². The highest BCUT2D eigenvalue weighted by Crippen LogP contribution is 2.31. The summed E-state index contributed by atoms with van der Waals surface area (Å²) in [6.45, 7) is -1.56. The van der Waals surface area contributed by atoms with Crippen LogP contribution in [0, 0.1) is 0 Å². The molecule has 1 aromatic rings. The second-order valence-electron chi connectivity index (χ2n) is 3.25. The number of anilines is 1. The molecule has 0 aliphatic heterocycles. The molecule has 102 valence electrons. The van der Waals surface area contributed by atoms with E-state index in [4.69, 9.17) is 4.74 Å². The molecule has 0 aliphatic carbocycles. The molecule has 0 unspecified atom stereocenters. The Morgan fingerprint density at radius 3 is 2.50 bits per heavy atom. The molecule has 0 aromatic heterocycles. The number of ether oxygens (including phenoxy) is 2. The van der Waals surface area contributed by atoms with Gasteiger partial charge in [-0.1, -0.05) is 0 Å². The molecule has 0 atom stereocenters. The predicted octanol–water partition coefficient (Wildman–Crippen LogP) is 2.06. The Morgan fingerprint density at radius 2 is 2.00 bits per heavy atom. The molecule has 0 radical (unpaired) electrons. The van der Waals surface area contributed by atoms with E-state index in [9.17, 15) is 17.2 Å². The van der Waals surface area contributed by atoms with Gasteiger partial charge in [-0.15, -0.1) is 0 Å². The monoisotopic (exact) mass is 281 g/mol. The van der Waals surface area contributed by atoms with Gasteiger partial charge in [0.25, 0.3) is 0 Å². The molecule has 0 saturated heterocycles. The quantitative estimate of drug-likeness (QED) is 0.866. The molecule has 0 heterocycles. The van der Waals surface area contributed by atoms with E-state index in [1.165, 1.54) is 26.2 Å². The van der Waals surface area contributed by atoms with Crippen molar-refractivity contribution in [3.8, 4) is 11.5 Å². The fourth-order valence-corrected chi connectivity index (χ4v) is 1.81. The fraction of sp³-hybridized carbons (Fsp3) is 0.400. The number of sulfonamides is 1. The third-order valence-corrected chi connectivity index (χ3v) is 3.34. The lowest BCUT2D eigenvalue weighted by Crippen LogP contribution is -2.14. The Labute approximate surface area is 104 Å².